The van der Waals surface area contributed by atoms with Crippen molar-refractivity contribution in [2.24, 2.45) is 0 Å². The number of carbonyl (C=O) groups excluding carboxylic acids is 1. The molecule has 6 nitrogen and oxygen atoms in total. The van der Waals surface area contributed by atoms with Gasteiger partial charge in [-0.15, -0.1) is 0 Å². The molecule has 0 aliphatic rings. The molecule has 180 valence electrons. The van der Waals surface area contributed by atoms with Gasteiger partial charge in [-0.05, 0) is 63.6 Å². The van der Waals surface area contributed by atoms with Gasteiger partial charge in [0.2, 0.25) is 5.95 Å². The van der Waals surface area contributed by atoms with Crippen molar-refractivity contribution >= 4 is 17.5 Å². The van der Waals surface area contributed by atoms with Crippen LogP contribution in [-0.4, -0.2) is 35.6 Å². The van der Waals surface area contributed by atoms with Crippen LogP contribution in [0.2, 0.25) is 0 Å². The van der Waals surface area contributed by atoms with Crippen LogP contribution in [0.1, 0.15) is 61.1 Å². The number of rotatable bonds is 13. The third kappa shape index (κ3) is 7.30. The molecule has 1 amide bonds. The quantitative estimate of drug-likeness (QED) is 0.314. The molecule has 0 saturated carbocycles. The van der Waals surface area contributed by atoms with Gasteiger partial charge in [0.15, 0.2) is 0 Å². The molecule has 0 aliphatic carbocycles. The predicted octanol–water partition coefficient (Wildman–Crippen LogP) is 6.07. The summed E-state index contributed by atoms with van der Waals surface area (Å²) in [6.45, 7) is 7.90. The van der Waals surface area contributed by atoms with Crippen LogP contribution in [0.5, 0.6) is 5.75 Å². The molecule has 3 aromatic rings. The minimum atomic E-state index is -0.0968. The number of nitrogens with zero attached hydrogens (tertiary/aromatic N) is 3. The summed E-state index contributed by atoms with van der Waals surface area (Å²) in [6.07, 6.45) is 6.83. The Balaban J connectivity index is 1.58. The van der Waals surface area contributed by atoms with E-state index in [1.807, 2.05) is 38.1 Å². The van der Waals surface area contributed by atoms with Crippen LogP contribution in [0.4, 0.5) is 11.6 Å². The molecule has 1 heterocycles. The lowest BCUT2D eigenvalue weighted by Crippen LogP contribution is -2.32. The first-order valence-electron chi connectivity index (χ1n) is 12.3. The molecule has 0 unspecified atom stereocenters. The van der Waals surface area contributed by atoms with Gasteiger partial charge in [0, 0.05) is 31.0 Å². The molecule has 0 atom stereocenters. The van der Waals surface area contributed by atoms with E-state index in [0.717, 1.165) is 50.1 Å². The summed E-state index contributed by atoms with van der Waals surface area (Å²) in [6, 6.07) is 18.4. The van der Waals surface area contributed by atoms with Crippen molar-refractivity contribution in [3.05, 3.63) is 77.6 Å². The number of aromatic nitrogens is 2. The number of unbranched alkanes of at least 4 members (excludes halogenated alkanes) is 2. The van der Waals surface area contributed by atoms with E-state index in [1.54, 1.807) is 11.1 Å². The molecular formula is C28H36N4O2. The summed E-state index contributed by atoms with van der Waals surface area (Å²) < 4.78 is 6.01. The zero-order valence-corrected chi connectivity index (χ0v) is 20.6. The van der Waals surface area contributed by atoms with Crippen LogP contribution in [0.25, 0.3) is 0 Å². The van der Waals surface area contributed by atoms with Crippen LogP contribution in [0, 0.1) is 6.92 Å². The SMILES string of the molecule is CCCN(C(=O)c1cnc(NCC)nc1C)c1cccc(OCCCCCc2ccccc2)c1. The van der Waals surface area contributed by atoms with Gasteiger partial charge in [-0.25, -0.2) is 9.97 Å². The van der Waals surface area contributed by atoms with E-state index in [9.17, 15) is 4.79 Å². The van der Waals surface area contributed by atoms with Crippen LogP contribution >= 0.6 is 0 Å². The average molecular weight is 461 g/mol. The molecule has 0 radical (unpaired) electrons. The van der Waals surface area contributed by atoms with E-state index in [-0.39, 0.29) is 5.91 Å². The largest absolute Gasteiger partial charge is 0.494 e. The highest BCUT2D eigenvalue weighted by molar-refractivity contribution is 6.06. The summed E-state index contributed by atoms with van der Waals surface area (Å²) >= 11 is 0. The smallest absolute Gasteiger partial charge is 0.261 e. The minimum Gasteiger partial charge on any atom is -0.494 e. The Morgan fingerprint density at radius 2 is 1.85 bits per heavy atom. The Hall–Kier alpha value is -3.41. The molecule has 0 saturated heterocycles. The van der Waals surface area contributed by atoms with Crippen molar-refractivity contribution in [2.45, 2.75) is 52.9 Å². The fourth-order valence-corrected chi connectivity index (χ4v) is 3.82. The van der Waals surface area contributed by atoms with Gasteiger partial charge in [0.1, 0.15) is 5.75 Å². The van der Waals surface area contributed by atoms with Crippen molar-refractivity contribution < 1.29 is 9.53 Å². The number of anilines is 2. The highest BCUT2D eigenvalue weighted by Crippen LogP contribution is 2.24. The van der Waals surface area contributed by atoms with Gasteiger partial charge in [-0.2, -0.15) is 0 Å². The third-order valence-corrected chi connectivity index (χ3v) is 5.59. The molecule has 1 aromatic heterocycles. The number of hydrogen-bond acceptors (Lipinski definition) is 5. The van der Waals surface area contributed by atoms with Gasteiger partial charge in [0.05, 0.1) is 17.9 Å². The maximum Gasteiger partial charge on any atom is 0.261 e. The van der Waals surface area contributed by atoms with Crippen LogP contribution in [0.3, 0.4) is 0 Å². The van der Waals surface area contributed by atoms with Crippen molar-refractivity contribution in [3.8, 4) is 5.75 Å². The van der Waals surface area contributed by atoms with Gasteiger partial charge in [-0.3, -0.25) is 4.79 Å². The summed E-state index contributed by atoms with van der Waals surface area (Å²) in [4.78, 5) is 23.9. The first-order chi connectivity index (χ1) is 16.6. The minimum absolute atomic E-state index is 0.0968. The summed E-state index contributed by atoms with van der Waals surface area (Å²) in [7, 11) is 0. The fourth-order valence-electron chi connectivity index (χ4n) is 3.82. The number of amides is 1. The highest BCUT2D eigenvalue weighted by atomic mass is 16.5. The molecule has 0 aliphatic heterocycles. The number of aryl methyl sites for hydroxylation is 2. The molecule has 3 rings (SSSR count). The molecule has 34 heavy (non-hydrogen) atoms. The first kappa shape index (κ1) is 25.2. The van der Waals surface area contributed by atoms with E-state index >= 15 is 0 Å². The molecule has 2 aromatic carbocycles. The lowest BCUT2D eigenvalue weighted by atomic mass is 10.1. The molecule has 1 N–H and O–H groups in total. The number of benzene rings is 2. The van der Waals surface area contributed by atoms with Gasteiger partial charge < -0.3 is 15.0 Å². The standard InChI is InChI=1S/C28H36N4O2/c1-4-18-32(27(33)26-21-30-28(29-5-2)31-22(26)3)24-16-12-17-25(20-24)34-19-11-7-10-15-23-13-8-6-9-14-23/h6,8-9,12-14,16-17,20-21H,4-5,7,10-11,15,18-19H2,1-3H3,(H,29,30,31). The van der Waals surface area contributed by atoms with E-state index in [0.29, 0.717) is 30.4 Å². The van der Waals surface area contributed by atoms with Gasteiger partial charge >= 0.3 is 0 Å². The molecule has 0 fully saturated rings. The maximum atomic E-state index is 13.4. The Kier molecular flexibility index (Phi) is 9.89. The second kappa shape index (κ2) is 13.3. The highest BCUT2D eigenvalue weighted by Gasteiger charge is 2.20. The number of nitrogens with one attached hydrogen (secondary N) is 1. The molecule has 0 bridgehead atoms. The van der Waals surface area contributed by atoms with E-state index in [4.69, 9.17) is 4.74 Å². The van der Waals surface area contributed by atoms with Crippen molar-refractivity contribution in [2.75, 3.05) is 29.9 Å². The summed E-state index contributed by atoms with van der Waals surface area (Å²) in [5, 5.41) is 3.08. The van der Waals surface area contributed by atoms with Crippen molar-refractivity contribution in [1.82, 2.24) is 9.97 Å². The zero-order chi connectivity index (χ0) is 24.2. The number of carbonyl (C=O) groups is 1. The summed E-state index contributed by atoms with van der Waals surface area (Å²) in [5.74, 6) is 1.23. The fraction of sp³-hybridized carbons (Fsp3) is 0.393. The maximum absolute atomic E-state index is 13.4. The lowest BCUT2D eigenvalue weighted by molar-refractivity contribution is 0.0985. The predicted molar refractivity (Wildman–Crippen MR) is 139 cm³/mol. The van der Waals surface area contributed by atoms with Crippen LogP contribution < -0.4 is 15.0 Å². The number of hydrogen-bond donors (Lipinski definition) is 1. The Morgan fingerprint density at radius 3 is 2.59 bits per heavy atom. The zero-order valence-electron chi connectivity index (χ0n) is 20.6. The topological polar surface area (TPSA) is 67.4 Å². The van der Waals surface area contributed by atoms with E-state index < -0.39 is 0 Å². The van der Waals surface area contributed by atoms with E-state index in [1.165, 1.54) is 5.56 Å². The van der Waals surface area contributed by atoms with Gasteiger partial charge in [0.25, 0.3) is 5.91 Å². The Labute approximate surface area is 203 Å². The monoisotopic (exact) mass is 460 g/mol. The van der Waals surface area contributed by atoms with E-state index in [2.05, 4.69) is 52.5 Å². The first-order valence-corrected chi connectivity index (χ1v) is 12.3. The van der Waals surface area contributed by atoms with Crippen molar-refractivity contribution in [1.29, 1.82) is 0 Å². The Morgan fingerprint density at radius 1 is 1.03 bits per heavy atom. The van der Waals surface area contributed by atoms with Gasteiger partial charge in [-0.1, -0.05) is 43.3 Å². The second-order valence-corrected chi connectivity index (χ2v) is 8.32. The molecular weight excluding hydrogens is 424 g/mol. The third-order valence-electron chi connectivity index (χ3n) is 5.59. The summed E-state index contributed by atoms with van der Waals surface area (Å²) in [5.41, 5.74) is 3.39. The molecule has 6 heteroatoms. The second-order valence-electron chi connectivity index (χ2n) is 8.32. The lowest BCUT2D eigenvalue weighted by Gasteiger charge is -2.23. The van der Waals surface area contributed by atoms with Crippen LogP contribution in [-0.2, 0) is 6.42 Å². The van der Waals surface area contributed by atoms with Crippen LogP contribution in [0.15, 0.2) is 60.8 Å². The molecule has 0 spiro atoms. The van der Waals surface area contributed by atoms with Crippen molar-refractivity contribution in [3.63, 3.8) is 0 Å². The Bertz CT molecular complexity index is 1040. The normalized spacial score (nSPS) is 10.7. The average Bonchev–Trinajstić information content (AvgIpc) is 2.85. The number of ether oxygens (including phenoxy) is 1.